The molecule has 84 valence electrons. The molecule has 2 rings (SSSR count). The molecule has 1 aromatic carbocycles. The first-order valence-electron chi connectivity index (χ1n) is 5.88. The van der Waals surface area contributed by atoms with Gasteiger partial charge in [-0.25, -0.2) is 0 Å². The number of aryl methyl sites for hydroxylation is 1. The molecule has 0 aliphatic rings. The fourth-order valence-electron chi connectivity index (χ4n) is 1.89. The molecule has 1 nitrogen and oxygen atoms in total. The van der Waals surface area contributed by atoms with E-state index in [9.17, 15) is 0 Å². The van der Waals surface area contributed by atoms with Crippen molar-refractivity contribution in [3.63, 3.8) is 0 Å². The van der Waals surface area contributed by atoms with Crippen LogP contribution in [0.5, 0.6) is 0 Å². The lowest BCUT2D eigenvalue weighted by atomic mass is 9.88. The summed E-state index contributed by atoms with van der Waals surface area (Å²) in [5.74, 6) is 0. The van der Waals surface area contributed by atoms with Crippen LogP contribution in [0.4, 0.5) is 0 Å². The molecule has 0 aliphatic carbocycles. The molecule has 0 saturated carbocycles. The average Bonchev–Trinajstić information content (AvgIpc) is 2.25. The Morgan fingerprint density at radius 2 is 1.81 bits per heavy atom. The van der Waals surface area contributed by atoms with E-state index in [0.29, 0.717) is 5.41 Å². The van der Waals surface area contributed by atoms with Crippen LogP contribution in [0.15, 0.2) is 36.7 Å². The number of aromatic nitrogens is 1. The zero-order valence-corrected chi connectivity index (χ0v) is 10.3. The van der Waals surface area contributed by atoms with Crippen LogP contribution in [-0.4, -0.2) is 4.98 Å². The van der Waals surface area contributed by atoms with Gasteiger partial charge in [-0.05, 0) is 29.2 Å². The first-order chi connectivity index (χ1) is 7.56. The van der Waals surface area contributed by atoms with Gasteiger partial charge in [0.2, 0.25) is 0 Å². The average molecular weight is 213 g/mol. The van der Waals surface area contributed by atoms with Gasteiger partial charge in [-0.2, -0.15) is 0 Å². The fraction of sp³-hybridized carbons (Fsp3) is 0.400. The van der Waals surface area contributed by atoms with Crippen LogP contribution in [0.3, 0.4) is 0 Å². The molecule has 1 aromatic heterocycles. The molecular formula is C15H19N. The Balaban J connectivity index is 2.30. The smallest absolute Gasteiger partial charge is 0.0346 e. The highest BCUT2D eigenvalue weighted by Crippen LogP contribution is 2.24. The zero-order valence-electron chi connectivity index (χ0n) is 10.3. The number of nitrogens with zero attached hydrogens (tertiary/aromatic N) is 1. The number of hydrogen-bond donors (Lipinski definition) is 0. The maximum atomic E-state index is 4.31. The van der Waals surface area contributed by atoms with Gasteiger partial charge in [0, 0.05) is 17.8 Å². The third-order valence-electron chi connectivity index (χ3n) is 2.90. The Kier molecular flexibility index (Phi) is 2.95. The van der Waals surface area contributed by atoms with Crippen molar-refractivity contribution in [1.29, 1.82) is 0 Å². The minimum Gasteiger partial charge on any atom is -0.264 e. The molecule has 1 heteroatoms. The molecule has 16 heavy (non-hydrogen) atoms. The van der Waals surface area contributed by atoms with Gasteiger partial charge in [0.05, 0.1) is 0 Å². The second kappa shape index (κ2) is 4.25. The van der Waals surface area contributed by atoms with Crippen LogP contribution in [0.25, 0.3) is 10.8 Å². The van der Waals surface area contributed by atoms with Gasteiger partial charge in [-0.15, -0.1) is 0 Å². The maximum absolute atomic E-state index is 4.31. The molecule has 0 aliphatic heterocycles. The van der Waals surface area contributed by atoms with Crippen molar-refractivity contribution in [2.75, 3.05) is 0 Å². The summed E-state index contributed by atoms with van der Waals surface area (Å²) in [4.78, 5) is 4.31. The van der Waals surface area contributed by atoms with E-state index in [2.05, 4.69) is 50.0 Å². The zero-order chi connectivity index (χ0) is 11.6. The summed E-state index contributed by atoms with van der Waals surface area (Å²) in [5, 5.41) is 2.59. The van der Waals surface area contributed by atoms with Crippen molar-refractivity contribution < 1.29 is 0 Å². The molecule has 0 unspecified atom stereocenters. The fourth-order valence-corrected chi connectivity index (χ4v) is 1.89. The summed E-state index contributed by atoms with van der Waals surface area (Å²) in [6.45, 7) is 6.85. The lowest BCUT2D eigenvalue weighted by Crippen LogP contribution is -2.06. The molecule has 0 saturated heterocycles. The summed E-state index contributed by atoms with van der Waals surface area (Å²) in [6, 6.07) is 8.48. The van der Waals surface area contributed by atoms with Gasteiger partial charge >= 0.3 is 0 Å². The van der Waals surface area contributed by atoms with E-state index in [1.807, 2.05) is 12.4 Å². The largest absolute Gasteiger partial charge is 0.264 e. The summed E-state index contributed by atoms with van der Waals surface area (Å²) < 4.78 is 0. The van der Waals surface area contributed by atoms with E-state index >= 15 is 0 Å². The molecule has 0 radical (unpaired) electrons. The van der Waals surface area contributed by atoms with Gasteiger partial charge in [-0.3, -0.25) is 4.98 Å². The second-order valence-electron chi connectivity index (χ2n) is 5.58. The van der Waals surface area contributed by atoms with E-state index in [4.69, 9.17) is 0 Å². The van der Waals surface area contributed by atoms with Crippen molar-refractivity contribution >= 4 is 10.8 Å². The predicted octanol–water partition coefficient (Wildman–Crippen LogP) is 4.21. The summed E-state index contributed by atoms with van der Waals surface area (Å²) in [5.41, 5.74) is 1.75. The van der Waals surface area contributed by atoms with Crippen LogP contribution in [0.1, 0.15) is 32.8 Å². The van der Waals surface area contributed by atoms with Crippen LogP contribution in [0, 0.1) is 5.41 Å². The molecule has 0 amide bonds. The number of hydrogen-bond acceptors (Lipinski definition) is 1. The number of pyridine rings is 1. The van der Waals surface area contributed by atoms with Crippen LogP contribution >= 0.6 is 0 Å². The molecule has 0 N–H and O–H groups in total. The molecule has 0 spiro atoms. The Labute approximate surface area is 97.5 Å². The normalized spacial score (nSPS) is 11.9. The Hall–Kier alpha value is -1.37. The van der Waals surface area contributed by atoms with Gasteiger partial charge in [-0.1, -0.05) is 45.0 Å². The molecule has 1 heterocycles. The number of benzene rings is 1. The minimum atomic E-state index is 0.386. The van der Waals surface area contributed by atoms with E-state index in [1.165, 1.54) is 22.8 Å². The van der Waals surface area contributed by atoms with Gasteiger partial charge < -0.3 is 0 Å². The van der Waals surface area contributed by atoms with E-state index in [0.717, 1.165) is 6.42 Å². The molecule has 2 aromatic rings. The third-order valence-corrected chi connectivity index (χ3v) is 2.90. The van der Waals surface area contributed by atoms with Crippen LogP contribution in [0.2, 0.25) is 0 Å². The highest BCUT2D eigenvalue weighted by atomic mass is 14.6. The molecule has 0 fully saturated rings. The third kappa shape index (κ3) is 2.60. The van der Waals surface area contributed by atoms with Gasteiger partial charge in [0.1, 0.15) is 0 Å². The molecule has 0 bridgehead atoms. The maximum Gasteiger partial charge on any atom is 0.0346 e. The standard InChI is InChI=1S/C15H19N/c1-15(2,3)9-8-13-11-16-10-12-6-4-5-7-14(12)13/h4-7,10-11H,8-9H2,1-3H3. The minimum absolute atomic E-state index is 0.386. The van der Waals surface area contributed by atoms with Crippen LogP contribution < -0.4 is 0 Å². The van der Waals surface area contributed by atoms with Crippen molar-refractivity contribution in [2.24, 2.45) is 5.41 Å². The first kappa shape index (κ1) is 11.1. The molecule has 0 atom stereocenters. The topological polar surface area (TPSA) is 12.9 Å². The van der Waals surface area contributed by atoms with E-state index < -0.39 is 0 Å². The predicted molar refractivity (Wildman–Crippen MR) is 69.5 cm³/mol. The number of fused-ring (bicyclic) bond motifs is 1. The summed E-state index contributed by atoms with van der Waals surface area (Å²) >= 11 is 0. The van der Waals surface area contributed by atoms with Crippen molar-refractivity contribution in [2.45, 2.75) is 33.6 Å². The Morgan fingerprint density at radius 3 is 2.56 bits per heavy atom. The van der Waals surface area contributed by atoms with E-state index in [1.54, 1.807) is 0 Å². The number of rotatable bonds is 2. The summed E-state index contributed by atoms with van der Waals surface area (Å²) in [6.07, 6.45) is 6.25. The van der Waals surface area contributed by atoms with Crippen LogP contribution in [-0.2, 0) is 6.42 Å². The highest BCUT2D eigenvalue weighted by Gasteiger charge is 2.11. The summed E-state index contributed by atoms with van der Waals surface area (Å²) in [7, 11) is 0. The first-order valence-corrected chi connectivity index (χ1v) is 5.88. The van der Waals surface area contributed by atoms with Crippen molar-refractivity contribution in [3.8, 4) is 0 Å². The van der Waals surface area contributed by atoms with Crippen molar-refractivity contribution in [1.82, 2.24) is 4.98 Å². The van der Waals surface area contributed by atoms with Crippen molar-refractivity contribution in [3.05, 3.63) is 42.2 Å². The lowest BCUT2D eigenvalue weighted by molar-refractivity contribution is 0.378. The Bertz CT molecular complexity index is 475. The second-order valence-corrected chi connectivity index (χ2v) is 5.58. The van der Waals surface area contributed by atoms with Gasteiger partial charge in [0.25, 0.3) is 0 Å². The molecular weight excluding hydrogens is 194 g/mol. The highest BCUT2D eigenvalue weighted by molar-refractivity contribution is 5.84. The quantitative estimate of drug-likeness (QED) is 0.728. The lowest BCUT2D eigenvalue weighted by Gasteiger charge is -2.18. The monoisotopic (exact) mass is 213 g/mol. The Morgan fingerprint density at radius 1 is 1.06 bits per heavy atom. The SMILES string of the molecule is CC(C)(C)CCc1cncc2ccccc12. The van der Waals surface area contributed by atoms with E-state index in [-0.39, 0.29) is 0 Å². The van der Waals surface area contributed by atoms with Gasteiger partial charge in [0.15, 0.2) is 0 Å².